The second-order valence-electron chi connectivity index (χ2n) is 3.84. The predicted molar refractivity (Wildman–Crippen MR) is 68.6 cm³/mol. The molecule has 0 fully saturated rings. The van der Waals surface area contributed by atoms with Crippen LogP contribution < -0.4 is 10.5 Å². The van der Waals surface area contributed by atoms with Gasteiger partial charge in [0.15, 0.2) is 0 Å². The molecule has 0 saturated heterocycles. The summed E-state index contributed by atoms with van der Waals surface area (Å²) < 4.78 is 5.74. The van der Waals surface area contributed by atoms with E-state index in [1.165, 1.54) is 5.56 Å². The topological polar surface area (TPSA) is 35.2 Å². The van der Waals surface area contributed by atoms with Crippen LogP contribution in [-0.4, -0.2) is 6.61 Å². The Morgan fingerprint density at radius 1 is 1.44 bits per heavy atom. The molecule has 0 atom stereocenters. The lowest BCUT2D eigenvalue weighted by Gasteiger charge is -2.11. The normalized spacial score (nSPS) is 10.1. The van der Waals surface area contributed by atoms with Gasteiger partial charge in [0.2, 0.25) is 0 Å². The van der Waals surface area contributed by atoms with Gasteiger partial charge in [-0.1, -0.05) is 31.6 Å². The van der Waals surface area contributed by atoms with E-state index >= 15 is 0 Å². The lowest BCUT2D eigenvalue weighted by Crippen LogP contribution is -2.02. The highest BCUT2D eigenvalue weighted by Gasteiger charge is 2.03. The molecule has 0 aliphatic heterocycles. The standard InChI is InChI=1S/C14H21NO/c1-3-5-9-16-14-8-7-12(11-15)10-13(14)6-4-2/h4,7-8,10H,2-3,5-6,9,11,15H2,1H3. The van der Waals surface area contributed by atoms with Crippen molar-refractivity contribution in [2.75, 3.05) is 6.61 Å². The monoisotopic (exact) mass is 219 g/mol. The van der Waals surface area contributed by atoms with E-state index in [0.717, 1.165) is 37.2 Å². The third-order valence-corrected chi connectivity index (χ3v) is 2.48. The first-order chi connectivity index (χ1) is 7.81. The van der Waals surface area contributed by atoms with Crippen molar-refractivity contribution in [1.82, 2.24) is 0 Å². The summed E-state index contributed by atoms with van der Waals surface area (Å²) in [7, 11) is 0. The zero-order chi connectivity index (χ0) is 11.8. The summed E-state index contributed by atoms with van der Waals surface area (Å²) in [5.41, 5.74) is 7.93. The first-order valence-corrected chi connectivity index (χ1v) is 5.87. The van der Waals surface area contributed by atoms with Crippen molar-refractivity contribution in [2.24, 2.45) is 5.73 Å². The van der Waals surface area contributed by atoms with E-state index in [9.17, 15) is 0 Å². The van der Waals surface area contributed by atoms with Gasteiger partial charge in [-0.15, -0.1) is 6.58 Å². The second kappa shape index (κ2) is 7.07. The molecule has 0 bridgehead atoms. The van der Waals surface area contributed by atoms with Crippen LogP contribution >= 0.6 is 0 Å². The molecule has 2 nitrogen and oxygen atoms in total. The first kappa shape index (κ1) is 12.8. The molecule has 2 N–H and O–H groups in total. The van der Waals surface area contributed by atoms with Crippen molar-refractivity contribution in [3.63, 3.8) is 0 Å². The fraction of sp³-hybridized carbons (Fsp3) is 0.429. The lowest BCUT2D eigenvalue weighted by atomic mass is 10.1. The van der Waals surface area contributed by atoms with Crippen LogP contribution in [0.1, 0.15) is 30.9 Å². The molecule has 0 aromatic heterocycles. The number of rotatable bonds is 7. The summed E-state index contributed by atoms with van der Waals surface area (Å²) >= 11 is 0. The van der Waals surface area contributed by atoms with Gasteiger partial charge in [0.05, 0.1) is 6.61 Å². The summed E-state index contributed by atoms with van der Waals surface area (Å²) in [6.45, 7) is 7.27. The quantitative estimate of drug-likeness (QED) is 0.565. The third kappa shape index (κ3) is 3.70. The highest BCUT2D eigenvalue weighted by Crippen LogP contribution is 2.21. The minimum absolute atomic E-state index is 0.569. The van der Waals surface area contributed by atoms with Gasteiger partial charge in [-0.25, -0.2) is 0 Å². The molecule has 0 heterocycles. The smallest absolute Gasteiger partial charge is 0.122 e. The molecule has 0 aliphatic rings. The molecule has 0 radical (unpaired) electrons. The molecule has 0 aliphatic carbocycles. The summed E-state index contributed by atoms with van der Waals surface area (Å²) in [5, 5.41) is 0. The first-order valence-electron chi connectivity index (χ1n) is 5.87. The molecule has 0 unspecified atom stereocenters. The van der Waals surface area contributed by atoms with Crippen LogP contribution in [0.25, 0.3) is 0 Å². The molecule has 0 saturated carbocycles. The summed E-state index contributed by atoms with van der Waals surface area (Å²) in [5.74, 6) is 0.963. The van der Waals surface area contributed by atoms with Gasteiger partial charge in [-0.05, 0) is 30.0 Å². The molecule has 1 aromatic rings. The fourth-order valence-electron chi connectivity index (χ4n) is 1.54. The van der Waals surface area contributed by atoms with E-state index in [-0.39, 0.29) is 0 Å². The maximum Gasteiger partial charge on any atom is 0.122 e. The second-order valence-corrected chi connectivity index (χ2v) is 3.84. The van der Waals surface area contributed by atoms with Gasteiger partial charge in [-0.2, -0.15) is 0 Å². The zero-order valence-corrected chi connectivity index (χ0v) is 10.0. The number of hydrogen-bond donors (Lipinski definition) is 1. The van der Waals surface area contributed by atoms with Crippen molar-refractivity contribution >= 4 is 0 Å². The average Bonchev–Trinajstić information content (AvgIpc) is 2.31. The molecular weight excluding hydrogens is 198 g/mol. The molecule has 1 aromatic carbocycles. The van der Waals surface area contributed by atoms with Crippen LogP contribution in [0.5, 0.6) is 5.75 Å². The van der Waals surface area contributed by atoms with Gasteiger partial charge in [0, 0.05) is 6.54 Å². The molecule has 2 heteroatoms. The number of unbranched alkanes of at least 4 members (excludes halogenated alkanes) is 1. The molecule has 88 valence electrons. The van der Waals surface area contributed by atoms with Crippen LogP contribution in [0, 0.1) is 0 Å². The van der Waals surface area contributed by atoms with E-state index in [4.69, 9.17) is 10.5 Å². The largest absolute Gasteiger partial charge is 0.493 e. The van der Waals surface area contributed by atoms with Crippen LogP contribution in [0.4, 0.5) is 0 Å². The van der Waals surface area contributed by atoms with Gasteiger partial charge in [0.1, 0.15) is 5.75 Å². The maximum absolute atomic E-state index is 5.74. The fourth-order valence-corrected chi connectivity index (χ4v) is 1.54. The SMILES string of the molecule is C=CCc1cc(CN)ccc1OCCCC. The highest BCUT2D eigenvalue weighted by molar-refractivity contribution is 5.38. The van der Waals surface area contributed by atoms with Gasteiger partial charge < -0.3 is 10.5 Å². The van der Waals surface area contributed by atoms with Crippen LogP contribution in [0.2, 0.25) is 0 Å². The number of ether oxygens (including phenoxy) is 1. The Balaban J connectivity index is 2.76. The molecule has 1 rings (SSSR count). The van der Waals surface area contributed by atoms with Gasteiger partial charge >= 0.3 is 0 Å². The van der Waals surface area contributed by atoms with Crippen LogP contribution in [0.15, 0.2) is 30.9 Å². The van der Waals surface area contributed by atoms with E-state index in [1.807, 2.05) is 18.2 Å². The van der Waals surface area contributed by atoms with E-state index < -0.39 is 0 Å². The Kier molecular flexibility index (Phi) is 5.65. The minimum atomic E-state index is 0.569. The van der Waals surface area contributed by atoms with E-state index in [0.29, 0.717) is 6.54 Å². The molecule has 0 spiro atoms. The average molecular weight is 219 g/mol. The van der Waals surface area contributed by atoms with Crippen LogP contribution in [0.3, 0.4) is 0 Å². The van der Waals surface area contributed by atoms with Crippen molar-refractivity contribution in [2.45, 2.75) is 32.7 Å². The molecular formula is C14H21NO. The van der Waals surface area contributed by atoms with E-state index in [1.54, 1.807) is 0 Å². The van der Waals surface area contributed by atoms with Crippen molar-refractivity contribution in [3.05, 3.63) is 42.0 Å². The summed E-state index contributed by atoms with van der Waals surface area (Å²) in [6, 6.07) is 6.13. The van der Waals surface area contributed by atoms with Crippen molar-refractivity contribution in [1.29, 1.82) is 0 Å². The Hall–Kier alpha value is -1.28. The van der Waals surface area contributed by atoms with Crippen molar-refractivity contribution < 1.29 is 4.74 Å². The lowest BCUT2D eigenvalue weighted by molar-refractivity contribution is 0.306. The predicted octanol–water partition coefficient (Wildman–Crippen LogP) is 3.05. The van der Waals surface area contributed by atoms with Gasteiger partial charge in [-0.3, -0.25) is 0 Å². The maximum atomic E-state index is 5.74. The Morgan fingerprint density at radius 3 is 2.88 bits per heavy atom. The molecule has 16 heavy (non-hydrogen) atoms. The number of nitrogens with two attached hydrogens (primary N) is 1. The van der Waals surface area contributed by atoms with Gasteiger partial charge in [0.25, 0.3) is 0 Å². The zero-order valence-electron chi connectivity index (χ0n) is 10.0. The Bertz CT molecular complexity index is 334. The van der Waals surface area contributed by atoms with Crippen molar-refractivity contribution in [3.8, 4) is 5.75 Å². The summed E-state index contributed by atoms with van der Waals surface area (Å²) in [4.78, 5) is 0. The third-order valence-electron chi connectivity index (χ3n) is 2.48. The molecule has 0 amide bonds. The number of hydrogen-bond acceptors (Lipinski definition) is 2. The number of benzene rings is 1. The Morgan fingerprint density at radius 2 is 2.25 bits per heavy atom. The van der Waals surface area contributed by atoms with Crippen LogP contribution in [-0.2, 0) is 13.0 Å². The highest BCUT2D eigenvalue weighted by atomic mass is 16.5. The number of allylic oxidation sites excluding steroid dienone is 1. The summed E-state index contributed by atoms with van der Waals surface area (Å²) in [6.07, 6.45) is 4.96. The minimum Gasteiger partial charge on any atom is -0.493 e. The van der Waals surface area contributed by atoms with E-state index in [2.05, 4.69) is 19.6 Å². The Labute approximate surface area is 98.1 Å².